The van der Waals surface area contributed by atoms with Gasteiger partial charge in [-0.15, -0.1) is 0 Å². The van der Waals surface area contributed by atoms with Crippen molar-refractivity contribution in [2.75, 3.05) is 20.3 Å². The van der Waals surface area contributed by atoms with E-state index in [1.165, 1.54) is 7.11 Å². The Bertz CT molecular complexity index is 1700. The maximum Gasteiger partial charge on any atom is 0.341 e. The fraction of sp³-hybridized carbons (Fsp3) is 0.263. The third-order valence-electron chi connectivity index (χ3n) is 7.39. The lowest BCUT2D eigenvalue weighted by atomic mass is 10.0. The second kappa shape index (κ2) is 16.2. The molecule has 5 rings (SSSR count). The van der Waals surface area contributed by atoms with Crippen LogP contribution in [0.4, 0.5) is 0 Å². The predicted molar refractivity (Wildman–Crippen MR) is 176 cm³/mol. The van der Waals surface area contributed by atoms with Crippen molar-refractivity contribution in [3.05, 3.63) is 119 Å². The van der Waals surface area contributed by atoms with Gasteiger partial charge in [-0.25, -0.2) is 4.79 Å². The second-order valence-electron chi connectivity index (χ2n) is 10.6. The minimum Gasteiger partial charge on any atom is -0.493 e. The molecular weight excluding hydrogens is 582 g/mol. The third kappa shape index (κ3) is 8.07. The molecule has 8 nitrogen and oxygen atoms in total. The van der Waals surface area contributed by atoms with Gasteiger partial charge in [-0.2, -0.15) is 0 Å². The Morgan fingerprint density at radius 3 is 2.24 bits per heavy atom. The van der Waals surface area contributed by atoms with Gasteiger partial charge in [0.15, 0.2) is 5.76 Å². The van der Waals surface area contributed by atoms with E-state index >= 15 is 0 Å². The number of hydrogen-bond donors (Lipinski definition) is 0. The van der Waals surface area contributed by atoms with Crippen molar-refractivity contribution in [2.45, 2.75) is 46.1 Å². The summed E-state index contributed by atoms with van der Waals surface area (Å²) in [5, 5.41) is 3.89. The highest BCUT2D eigenvalue weighted by atomic mass is 16.5. The summed E-state index contributed by atoms with van der Waals surface area (Å²) in [5.74, 6) is 3.45. The van der Waals surface area contributed by atoms with Gasteiger partial charge in [0.2, 0.25) is 0 Å². The van der Waals surface area contributed by atoms with Gasteiger partial charge in [0.25, 0.3) is 0 Å². The number of carbonyl (C=O) groups is 1. The van der Waals surface area contributed by atoms with E-state index in [1.807, 2.05) is 72.8 Å². The van der Waals surface area contributed by atoms with Crippen molar-refractivity contribution < 1.29 is 33.0 Å². The van der Waals surface area contributed by atoms with Gasteiger partial charge in [0.1, 0.15) is 40.9 Å². The van der Waals surface area contributed by atoms with Crippen LogP contribution in [0, 0.1) is 0 Å². The lowest BCUT2D eigenvalue weighted by molar-refractivity contribution is 0.0598. The van der Waals surface area contributed by atoms with E-state index in [2.05, 4.69) is 19.0 Å². The normalized spacial score (nSPS) is 10.8. The van der Waals surface area contributed by atoms with E-state index in [0.29, 0.717) is 54.8 Å². The van der Waals surface area contributed by atoms with E-state index < -0.39 is 5.97 Å². The SMILES string of the molecule is CCCc1c(OCCCOc2cc(OCc3ccccc3)c(-c3ccno3)cc2CC)cccc1Oc1ccccc1C(=O)OC. The molecule has 0 aliphatic heterocycles. The summed E-state index contributed by atoms with van der Waals surface area (Å²) in [4.78, 5) is 12.3. The number of para-hydroxylation sites is 1. The Hall–Kier alpha value is -5.24. The molecule has 0 saturated carbocycles. The minimum absolute atomic E-state index is 0.366. The highest BCUT2D eigenvalue weighted by molar-refractivity contribution is 5.92. The largest absolute Gasteiger partial charge is 0.493 e. The average molecular weight is 622 g/mol. The van der Waals surface area contributed by atoms with Crippen molar-refractivity contribution in [2.24, 2.45) is 0 Å². The molecular formula is C38H39NO7. The van der Waals surface area contributed by atoms with Crippen LogP contribution in [0.2, 0.25) is 0 Å². The highest BCUT2D eigenvalue weighted by Gasteiger charge is 2.18. The molecule has 4 aromatic carbocycles. The monoisotopic (exact) mass is 621 g/mol. The smallest absolute Gasteiger partial charge is 0.341 e. The minimum atomic E-state index is -0.450. The molecule has 0 spiro atoms. The molecule has 1 aromatic heterocycles. The Morgan fingerprint density at radius 2 is 1.50 bits per heavy atom. The molecule has 46 heavy (non-hydrogen) atoms. The zero-order chi connectivity index (χ0) is 32.1. The number of esters is 1. The fourth-order valence-electron chi connectivity index (χ4n) is 5.07. The first-order valence-corrected chi connectivity index (χ1v) is 15.6. The first-order chi connectivity index (χ1) is 22.6. The van der Waals surface area contributed by atoms with Gasteiger partial charge in [-0.1, -0.05) is 74.0 Å². The van der Waals surface area contributed by atoms with Crippen molar-refractivity contribution in [1.82, 2.24) is 5.16 Å². The predicted octanol–water partition coefficient (Wildman–Crippen LogP) is 8.86. The maximum absolute atomic E-state index is 12.3. The van der Waals surface area contributed by atoms with E-state index in [-0.39, 0.29) is 0 Å². The summed E-state index contributed by atoms with van der Waals surface area (Å²) in [5.41, 5.74) is 4.25. The van der Waals surface area contributed by atoms with Crippen LogP contribution in [0.3, 0.4) is 0 Å². The summed E-state index contributed by atoms with van der Waals surface area (Å²) in [7, 11) is 1.36. The average Bonchev–Trinajstić information content (AvgIpc) is 3.64. The van der Waals surface area contributed by atoms with E-state index in [9.17, 15) is 4.79 Å². The fourth-order valence-corrected chi connectivity index (χ4v) is 5.07. The number of aromatic nitrogens is 1. The number of methoxy groups -OCH3 is 1. The summed E-state index contributed by atoms with van der Waals surface area (Å²) >= 11 is 0. The van der Waals surface area contributed by atoms with Gasteiger partial charge in [0.05, 0.1) is 32.1 Å². The molecule has 0 saturated heterocycles. The molecule has 0 fully saturated rings. The van der Waals surface area contributed by atoms with Crippen LogP contribution in [0.5, 0.6) is 28.7 Å². The van der Waals surface area contributed by atoms with Crippen LogP contribution < -0.4 is 18.9 Å². The number of hydrogen-bond acceptors (Lipinski definition) is 8. The quantitative estimate of drug-likeness (QED) is 0.0797. The second-order valence-corrected chi connectivity index (χ2v) is 10.6. The summed E-state index contributed by atoms with van der Waals surface area (Å²) in [6, 6.07) is 28.6. The molecule has 1 heterocycles. The molecule has 0 N–H and O–H groups in total. The zero-order valence-corrected chi connectivity index (χ0v) is 26.5. The molecule has 0 amide bonds. The Kier molecular flexibility index (Phi) is 11.3. The number of ether oxygens (including phenoxy) is 5. The number of nitrogens with zero attached hydrogens (tertiary/aromatic N) is 1. The van der Waals surface area contributed by atoms with Crippen molar-refractivity contribution in [1.29, 1.82) is 0 Å². The molecule has 0 bridgehead atoms. The molecule has 0 radical (unpaired) electrons. The van der Waals surface area contributed by atoms with Crippen LogP contribution in [-0.4, -0.2) is 31.4 Å². The maximum atomic E-state index is 12.3. The van der Waals surface area contributed by atoms with Crippen LogP contribution in [0.15, 0.2) is 102 Å². The standard InChI is InChI=1S/C38H39NO7/c1-4-13-29-32(18-11-19-33(29)45-34-17-10-9-16-30(34)38(40)41-3)42-22-12-23-43-36-25-37(44-26-27-14-7-6-8-15-27)31(24-28(36)5-2)35-20-21-39-46-35/h6-11,14-21,24-25H,4-5,12-13,22-23,26H2,1-3H3. The summed E-state index contributed by atoms with van der Waals surface area (Å²) < 4.78 is 35.4. The number of rotatable bonds is 16. The number of benzene rings is 4. The zero-order valence-electron chi connectivity index (χ0n) is 26.5. The first kappa shape index (κ1) is 32.2. The van der Waals surface area contributed by atoms with Gasteiger partial charge < -0.3 is 28.2 Å². The topological polar surface area (TPSA) is 89.3 Å². The van der Waals surface area contributed by atoms with Gasteiger partial charge in [-0.3, -0.25) is 0 Å². The van der Waals surface area contributed by atoms with Gasteiger partial charge in [-0.05, 0) is 54.3 Å². The first-order valence-electron chi connectivity index (χ1n) is 15.6. The molecule has 8 heteroatoms. The Labute approximate surface area is 269 Å². The van der Waals surface area contributed by atoms with Gasteiger partial charge in [0, 0.05) is 24.1 Å². The Balaban J connectivity index is 1.25. The number of aryl methyl sites for hydroxylation is 1. The lowest BCUT2D eigenvalue weighted by Gasteiger charge is -2.18. The van der Waals surface area contributed by atoms with Crippen molar-refractivity contribution >= 4 is 5.97 Å². The molecule has 5 aromatic rings. The molecule has 0 aliphatic rings. The van der Waals surface area contributed by atoms with E-state index in [1.54, 1.807) is 24.4 Å². The summed E-state index contributed by atoms with van der Waals surface area (Å²) in [6.45, 7) is 5.52. The van der Waals surface area contributed by atoms with Crippen molar-refractivity contribution in [3.8, 4) is 40.1 Å². The number of carbonyl (C=O) groups excluding carboxylic acids is 1. The lowest BCUT2D eigenvalue weighted by Crippen LogP contribution is -2.08. The van der Waals surface area contributed by atoms with Crippen molar-refractivity contribution in [3.63, 3.8) is 0 Å². The summed E-state index contributed by atoms with van der Waals surface area (Å²) in [6.07, 6.45) is 4.72. The Morgan fingerprint density at radius 1 is 0.761 bits per heavy atom. The van der Waals surface area contributed by atoms with Crippen LogP contribution in [0.1, 0.15) is 53.7 Å². The molecule has 0 atom stereocenters. The van der Waals surface area contributed by atoms with Crippen LogP contribution in [0.25, 0.3) is 11.3 Å². The third-order valence-corrected chi connectivity index (χ3v) is 7.39. The molecule has 0 aliphatic carbocycles. The highest BCUT2D eigenvalue weighted by Crippen LogP contribution is 2.38. The molecule has 0 unspecified atom stereocenters. The molecule has 238 valence electrons. The van der Waals surface area contributed by atoms with E-state index in [4.69, 9.17) is 28.2 Å². The van der Waals surface area contributed by atoms with E-state index in [0.717, 1.165) is 53.0 Å². The van der Waals surface area contributed by atoms with Gasteiger partial charge >= 0.3 is 5.97 Å². The van der Waals surface area contributed by atoms with Crippen LogP contribution in [-0.2, 0) is 24.2 Å². The van der Waals surface area contributed by atoms with Crippen LogP contribution >= 0.6 is 0 Å².